The average molecular weight is 197 g/mol. The first-order valence-electron chi connectivity index (χ1n) is 4.14. The van der Waals surface area contributed by atoms with Gasteiger partial charge in [-0.25, -0.2) is 0 Å². The van der Waals surface area contributed by atoms with Crippen LogP contribution in [0.5, 0.6) is 0 Å². The van der Waals surface area contributed by atoms with E-state index >= 15 is 0 Å². The molecule has 2 aromatic rings. The van der Waals surface area contributed by atoms with Crippen molar-refractivity contribution >= 4 is 16.7 Å². The molecule has 4 heteroatoms. The van der Waals surface area contributed by atoms with Crippen LogP contribution in [-0.2, 0) is 5.92 Å². The third-order valence-electron chi connectivity index (χ3n) is 1.98. The zero-order chi connectivity index (χ0) is 10.3. The van der Waals surface area contributed by atoms with Crippen molar-refractivity contribution in [2.75, 3.05) is 5.73 Å². The molecule has 0 fully saturated rings. The maximum Gasteiger partial charge on any atom is 0.301 e. The second-order valence-corrected chi connectivity index (χ2v) is 3.30. The Labute approximate surface area is 79.3 Å². The van der Waals surface area contributed by atoms with Gasteiger partial charge in [0.05, 0.1) is 0 Å². The minimum absolute atomic E-state index is 0.335. The highest BCUT2D eigenvalue weighted by Gasteiger charge is 2.28. The van der Waals surface area contributed by atoms with Crippen molar-refractivity contribution in [2.24, 2.45) is 0 Å². The Kier molecular flexibility index (Phi) is 1.74. The molecule has 0 saturated carbocycles. The molecule has 0 saturated heterocycles. The van der Waals surface area contributed by atoms with Gasteiger partial charge in [-0.1, -0.05) is 0 Å². The van der Waals surface area contributed by atoms with Gasteiger partial charge in [-0.3, -0.25) is 0 Å². The average Bonchev–Trinajstić information content (AvgIpc) is 2.45. The number of halogens is 2. The molecular weight excluding hydrogens is 188 g/mol. The molecule has 0 atom stereocenters. The largest absolute Gasteiger partial charge is 0.455 e. The second-order valence-electron chi connectivity index (χ2n) is 3.30. The van der Waals surface area contributed by atoms with E-state index in [1.165, 1.54) is 12.1 Å². The minimum atomic E-state index is -2.95. The van der Waals surface area contributed by atoms with Crippen LogP contribution in [0.1, 0.15) is 12.7 Å². The predicted molar refractivity (Wildman–Crippen MR) is 50.2 cm³/mol. The van der Waals surface area contributed by atoms with Crippen LogP contribution >= 0.6 is 0 Å². The predicted octanol–water partition coefficient (Wildman–Crippen LogP) is 3.13. The highest BCUT2D eigenvalue weighted by atomic mass is 19.3. The van der Waals surface area contributed by atoms with Crippen molar-refractivity contribution in [3.05, 3.63) is 30.0 Å². The van der Waals surface area contributed by atoms with Crippen molar-refractivity contribution in [3.8, 4) is 0 Å². The van der Waals surface area contributed by atoms with E-state index in [0.717, 1.165) is 6.92 Å². The zero-order valence-corrected chi connectivity index (χ0v) is 7.55. The lowest BCUT2D eigenvalue weighted by molar-refractivity contribution is -0.00382. The van der Waals surface area contributed by atoms with Crippen LogP contribution in [-0.4, -0.2) is 0 Å². The van der Waals surface area contributed by atoms with Crippen LogP contribution < -0.4 is 5.73 Å². The molecule has 0 aliphatic carbocycles. The third kappa shape index (κ3) is 1.43. The summed E-state index contributed by atoms with van der Waals surface area (Å²) in [6, 6.07) is 6.16. The van der Waals surface area contributed by atoms with Gasteiger partial charge >= 0.3 is 5.92 Å². The van der Waals surface area contributed by atoms with Gasteiger partial charge in [0.1, 0.15) is 5.58 Å². The topological polar surface area (TPSA) is 39.2 Å². The molecule has 0 aliphatic rings. The second kappa shape index (κ2) is 2.70. The van der Waals surface area contributed by atoms with E-state index in [4.69, 9.17) is 10.2 Å². The van der Waals surface area contributed by atoms with E-state index in [1.54, 1.807) is 12.1 Å². The van der Waals surface area contributed by atoms with Crippen molar-refractivity contribution < 1.29 is 13.2 Å². The van der Waals surface area contributed by atoms with Crippen molar-refractivity contribution in [2.45, 2.75) is 12.8 Å². The van der Waals surface area contributed by atoms with Gasteiger partial charge in [-0.15, -0.1) is 0 Å². The smallest absolute Gasteiger partial charge is 0.301 e. The number of hydrogen-bond donors (Lipinski definition) is 1. The zero-order valence-electron chi connectivity index (χ0n) is 7.55. The van der Waals surface area contributed by atoms with E-state index in [9.17, 15) is 8.78 Å². The molecular formula is C10H9F2NO. The quantitative estimate of drug-likeness (QED) is 0.713. The van der Waals surface area contributed by atoms with Crippen LogP contribution in [0, 0.1) is 0 Å². The molecule has 2 nitrogen and oxygen atoms in total. The summed E-state index contributed by atoms with van der Waals surface area (Å²) < 4.78 is 30.7. The summed E-state index contributed by atoms with van der Waals surface area (Å²) in [5.41, 5.74) is 6.38. The first kappa shape index (κ1) is 8.99. The number of hydrogen-bond acceptors (Lipinski definition) is 2. The summed E-state index contributed by atoms with van der Waals surface area (Å²) in [4.78, 5) is 0. The summed E-state index contributed by atoms with van der Waals surface area (Å²) >= 11 is 0. The van der Waals surface area contributed by atoms with Gasteiger partial charge in [0.25, 0.3) is 0 Å². The highest BCUT2D eigenvalue weighted by Crippen LogP contribution is 2.32. The van der Waals surface area contributed by atoms with Crippen LogP contribution in [0.4, 0.5) is 14.5 Å². The number of alkyl halides is 2. The molecule has 0 aliphatic heterocycles. The van der Waals surface area contributed by atoms with E-state index in [1.807, 2.05) is 0 Å². The SMILES string of the molecule is CC(F)(F)c1cc2ccc(N)cc2o1. The van der Waals surface area contributed by atoms with Gasteiger partial charge < -0.3 is 10.2 Å². The first-order chi connectivity index (χ1) is 6.47. The first-order valence-corrected chi connectivity index (χ1v) is 4.14. The summed E-state index contributed by atoms with van der Waals surface area (Å²) in [6.45, 7) is 0.800. The molecule has 74 valence electrons. The fourth-order valence-corrected chi connectivity index (χ4v) is 1.26. The molecule has 2 rings (SSSR count). The Bertz CT molecular complexity index is 470. The molecule has 0 amide bonds. The Morgan fingerprint density at radius 3 is 2.64 bits per heavy atom. The molecule has 1 aromatic heterocycles. The maximum absolute atomic E-state index is 12.9. The lowest BCUT2D eigenvalue weighted by Gasteiger charge is -2.03. The lowest BCUT2D eigenvalue weighted by atomic mass is 10.2. The Hall–Kier alpha value is -1.58. The number of nitrogens with two attached hydrogens (primary N) is 1. The fourth-order valence-electron chi connectivity index (χ4n) is 1.26. The standard InChI is InChI=1S/C10H9F2NO/c1-10(11,12)9-4-6-2-3-7(13)5-8(6)14-9/h2-5H,13H2,1H3. The number of nitrogen functional groups attached to an aromatic ring is 1. The summed E-state index contributed by atoms with van der Waals surface area (Å²) in [6.07, 6.45) is 0. The van der Waals surface area contributed by atoms with Crippen LogP contribution in [0.3, 0.4) is 0 Å². The lowest BCUT2D eigenvalue weighted by Crippen LogP contribution is -2.04. The molecule has 0 unspecified atom stereocenters. The number of rotatable bonds is 1. The normalized spacial score (nSPS) is 12.2. The van der Waals surface area contributed by atoms with Crippen molar-refractivity contribution in [3.63, 3.8) is 0 Å². The van der Waals surface area contributed by atoms with E-state index < -0.39 is 5.92 Å². The number of furan rings is 1. The summed E-state index contributed by atoms with van der Waals surface area (Å²) in [5, 5.41) is 0.635. The maximum atomic E-state index is 12.9. The molecule has 0 spiro atoms. The Morgan fingerprint density at radius 1 is 1.29 bits per heavy atom. The van der Waals surface area contributed by atoms with E-state index in [0.29, 0.717) is 16.7 Å². The van der Waals surface area contributed by atoms with Gasteiger partial charge in [-0.2, -0.15) is 8.78 Å². The molecule has 1 aromatic carbocycles. The molecule has 2 N–H and O–H groups in total. The minimum Gasteiger partial charge on any atom is -0.455 e. The van der Waals surface area contributed by atoms with Gasteiger partial charge in [0.15, 0.2) is 5.76 Å². The van der Waals surface area contributed by atoms with Crippen molar-refractivity contribution in [1.82, 2.24) is 0 Å². The van der Waals surface area contributed by atoms with Gasteiger partial charge in [0.2, 0.25) is 0 Å². The van der Waals surface area contributed by atoms with Crippen LogP contribution in [0.15, 0.2) is 28.7 Å². The summed E-state index contributed by atoms with van der Waals surface area (Å²) in [5.74, 6) is -3.29. The van der Waals surface area contributed by atoms with Crippen LogP contribution in [0.2, 0.25) is 0 Å². The monoisotopic (exact) mass is 197 g/mol. The van der Waals surface area contributed by atoms with Crippen molar-refractivity contribution in [1.29, 1.82) is 0 Å². The van der Waals surface area contributed by atoms with Gasteiger partial charge in [-0.05, 0) is 18.2 Å². The molecule has 0 bridgehead atoms. The number of anilines is 1. The number of benzene rings is 1. The molecule has 14 heavy (non-hydrogen) atoms. The van der Waals surface area contributed by atoms with E-state index in [2.05, 4.69) is 0 Å². The third-order valence-corrected chi connectivity index (χ3v) is 1.98. The van der Waals surface area contributed by atoms with Gasteiger partial charge in [0, 0.05) is 24.1 Å². The Morgan fingerprint density at radius 2 is 2.00 bits per heavy atom. The number of fused-ring (bicyclic) bond motifs is 1. The molecule has 0 radical (unpaired) electrons. The summed E-state index contributed by atoms with van der Waals surface area (Å²) in [7, 11) is 0. The highest BCUT2D eigenvalue weighted by molar-refractivity contribution is 5.81. The Balaban J connectivity index is 2.63. The van der Waals surface area contributed by atoms with Crippen LogP contribution in [0.25, 0.3) is 11.0 Å². The molecule has 1 heterocycles. The van der Waals surface area contributed by atoms with E-state index in [-0.39, 0.29) is 5.76 Å². The fraction of sp³-hybridized carbons (Fsp3) is 0.200.